The Hall–Kier alpha value is -0.120. The number of hydrogen-bond acceptors (Lipinski definition) is 3. The summed E-state index contributed by atoms with van der Waals surface area (Å²) in [6, 6.07) is 0. The van der Waals surface area contributed by atoms with E-state index in [9.17, 15) is 10.2 Å². The van der Waals surface area contributed by atoms with Gasteiger partial charge in [0.05, 0.1) is 12.7 Å². The van der Waals surface area contributed by atoms with Crippen molar-refractivity contribution in [2.75, 3.05) is 26.2 Å². The van der Waals surface area contributed by atoms with E-state index >= 15 is 0 Å². The van der Waals surface area contributed by atoms with Gasteiger partial charge in [-0.1, -0.05) is 174 Å². The number of aliphatic hydroxyl groups excluding tert-OH is 2. The molecule has 37 heavy (non-hydrogen) atoms. The van der Waals surface area contributed by atoms with E-state index in [1.165, 1.54) is 161 Å². The Balaban J connectivity index is 3.48. The van der Waals surface area contributed by atoms with Crippen LogP contribution in [0.25, 0.3) is 0 Å². The minimum Gasteiger partial charge on any atom is -0.395 e. The minimum atomic E-state index is -0.235. The molecular weight excluding hydrogens is 454 g/mol. The van der Waals surface area contributed by atoms with Crippen molar-refractivity contribution in [3.63, 3.8) is 0 Å². The van der Waals surface area contributed by atoms with Crippen LogP contribution in [0.4, 0.5) is 0 Å². The summed E-state index contributed by atoms with van der Waals surface area (Å²) in [6.07, 6.45) is 36.4. The maximum Gasteiger partial charge on any atom is 0.0667 e. The second-order valence-corrected chi connectivity index (χ2v) is 12.0. The summed E-state index contributed by atoms with van der Waals surface area (Å²) in [5, 5.41) is 19.9. The summed E-state index contributed by atoms with van der Waals surface area (Å²) >= 11 is 0. The predicted octanol–water partition coefficient (Wildman–Crippen LogP) is 10.2. The van der Waals surface area contributed by atoms with Crippen LogP contribution >= 0.6 is 0 Å². The Morgan fingerprint density at radius 3 is 1.11 bits per heavy atom. The molecule has 2 N–H and O–H groups in total. The SMILES string of the molecule is CCCCCCCCCCCCCCCCCCC(O)CN(CCO)CCCCCCCCCCCC. The molecule has 0 amide bonds. The first-order chi connectivity index (χ1) is 18.2. The minimum absolute atomic E-state index is 0.198. The molecule has 0 bridgehead atoms. The van der Waals surface area contributed by atoms with E-state index in [2.05, 4.69) is 18.7 Å². The zero-order chi connectivity index (χ0) is 27.1. The lowest BCUT2D eigenvalue weighted by Gasteiger charge is -2.24. The third-order valence-corrected chi connectivity index (χ3v) is 8.10. The van der Waals surface area contributed by atoms with Gasteiger partial charge in [0.15, 0.2) is 0 Å². The smallest absolute Gasteiger partial charge is 0.0667 e. The Bertz CT molecular complexity index is 403. The molecule has 0 heterocycles. The largest absolute Gasteiger partial charge is 0.395 e. The topological polar surface area (TPSA) is 43.7 Å². The Morgan fingerprint density at radius 1 is 0.432 bits per heavy atom. The van der Waals surface area contributed by atoms with Gasteiger partial charge in [-0.3, -0.25) is 4.90 Å². The zero-order valence-electron chi connectivity index (χ0n) is 25.8. The third-order valence-electron chi connectivity index (χ3n) is 8.10. The van der Waals surface area contributed by atoms with E-state index in [4.69, 9.17) is 0 Å². The fraction of sp³-hybridized carbons (Fsp3) is 1.00. The van der Waals surface area contributed by atoms with Crippen molar-refractivity contribution < 1.29 is 10.2 Å². The van der Waals surface area contributed by atoms with Gasteiger partial charge in [0, 0.05) is 13.1 Å². The molecule has 0 rings (SSSR count). The molecule has 3 heteroatoms. The van der Waals surface area contributed by atoms with Crippen LogP contribution in [0.3, 0.4) is 0 Å². The highest BCUT2D eigenvalue weighted by molar-refractivity contribution is 4.65. The summed E-state index contributed by atoms with van der Waals surface area (Å²) in [5.41, 5.74) is 0. The predicted molar refractivity (Wildman–Crippen MR) is 166 cm³/mol. The molecular formula is C34H71NO2. The number of unbranched alkanes of at least 4 members (excludes halogenated alkanes) is 24. The van der Waals surface area contributed by atoms with Crippen molar-refractivity contribution in [1.29, 1.82) is 0 Å². The van der Waals surface area contributed by atoms with E-state index in [0.29, 0.717) is 6.54 Å². The van der Waals surface area contributed by atoms with Crippen LogP contribution in [-0.4, -0.2) is 47.5 Å². The number of hydrogen-bond donors (Lipinski definition) is 2. The van der Waals surface area contributed by atoms with Crippen molar-refractivity contribution in [3.05, 3.63) is 0 Å². The van der Waals surface area contributed by atoms with Gasteiger partial charge in [0.2, 0.25) is 0 Å². The van der Waals surface area contributed by atoms with Crippen molar-refractivity contribution in [2.24, 2.45) is 0 Å². The van der Waals surface area contributed by atoms with Gasteiger partial charge in [0.25, 0.3) is 0 Å². The fourth-order valence-corrected chi connectivity index (χ4v) is 5.58. The van der Waals surface area contributed by atoms with Crippen LogP contribution < -0.4 is 0 Å². The second-order valence-electron chi connectivity index (χ2n) is 12.0. The van der Waals surface area contributed by atoms with Crippen molar-refractivity contribution >= 4 is 0 Å². The van der Waals surface area contributed by atoms with Gasteiger partial charge in [-0.05, 0) is 19.4 Å². The Labute approximate surface area is 234 Å². The van der Waals surface area contributed by atoms with Crippen molar-refractivity contribution in [3.8, 4) is 0 Å². The molecule has 0 aliphatic rings. The lowest BCUT2D eigenvalue weighted by molar-refractivity contribution is 0.0905. The van der Waals surface area contributed by atoms with Gasteiger partial charge in [-0.25, -0.2) is 0 Å². The molecule has 0 saturated heterocycles. The molecule has 0 aliphatic heterocycles. The molecule has 0 saturated carbocycles. The molecule has 0 spiro atoms. The molecule has 0 fully saturated rings. The molecule has 3 nitrogen and oxygen atoms in total. The maximum atomic E-state index is 10.5. The average Bonchev–Trinajstić information content (AvgIpc) is 2.89. The van der Waals surface area contributed by atoms with Crippen LogP contribution in [0.5, 0.6) is 0 Å². The molecule has 0 aromatic heterocycles. The summed E-state index contributed by atoms with van der Waals surface area (Å²) in [5.74, 6) is 0. The average molecular weight is 526 g/mol. The number of rotatable bonds is 32. The zero-order valence-corrected chi connectivity index (χ0v) is 25.8. The van der Waals surface area contributed by atoms with E-state index in [0.717, 1.165) is 25.9 Å². The van der Waals surface area contributed by atoms with E-state index < -0.39 is 0 Å². The van der Waals surface area contributed by atoms with Crippen LogP contribution in [0.15, 0.2) is 0 Å². The molecule has 0 aliphatic carbocycles. The van der Waals surface area contributed by atoms with Gasteiger partial charge in [-0.2, -0.15) is 0 Å². The Morgan fingerprint density at radius 2 is 0.757 bits per heavy atom. The summed E-state index contributed by atoms with van der Waals surface area (Å²) in [7, 11) is 0. The van der Waals surface area contributed by atoms with Gasteiger partial charge in [-0.15, -0.1) is 0 Å². The van der Waals surface area contributed by atoms with Crippen molar-refractivity contribution in [1.82, 2.24) is 4.90 Å². The molecule has 0 radical (unpaired) electrons. The van der Waals surface area contributed by atoms with E-state index in [1.54, 1.807) is 0 Å². The standard InChI is InChI=1S/C34H71NO2/c1-3-5-7-9-11-13-15-16-17-18-19-20-21-23-25-27-29-34(37)33-35(31-32-36)30-28-26-24-22-14-12-10-8-6-4-2/h34,36-37H,3-33H2,1-2H3. The van der Waals surface area contributed by atoms with E-state index in [1.807, 2.05) is 0 Å². The molecule has 0 aromatic rings. The lowest BCUT2D eigenvalue weighted by atomic mass is 10.0. The van der Waals surface area contributed by atoms with Crippen LogP contribution in [0.2, 0.25) is 0 Å². The maximum absolute atomic E-state index is 10.5. The van der Waals surface area contributed by atoms with Crippen LogP contribution in [-0.2, 0) is 0 Å². The van der Waals surface area contributed by atoms with E-state index in [-0.39, 0.29) is 12.7 Å². The first kappa shape index (κ1) is 36.9. The Kier molecular flexibility index (Phi) is 32.0. The third kappa shape index (κ3) is 30.3. The van der Waals surface area contributed by atoms with Gasteiger partial charge < -0.3 is 10.2 Å². The van der Waals surface area contributed by atoms with Crippen LogP contribution in [0, 0.1) is 0 Å². The molecule has 1 unspecified atom stereocenters. The lowest BCUT2D eigenvalue weighted by Crippen LogP contribution is -2.35. The normalized spacial score (nSPS) is 12.6. The highest BCUT2D eigenvalue weighted by Gasteiger charge is 2.11. The highest BCUT2D eigenvalue weighted by atomic mass is 16.3. The number of nitrogens with zero attached hydrogens (tertiary/aromatic N) is 1. The van der Waals surface area contributed by atoms with Gasteiger partial charge >= 0.3 is 0 Å². The van der Waals surface area contributed by atoms with Gasteiger partial charge in [0.1, 0.15) is 0 Å². The number of aliphatic hydroxyl groups is 2. The summed E-state index contributed by atoms with van der Waals surface area (Å²) < 4.78 is 0. The first-order valence-electron chi connectivity index (χ1n) is 17.3. The van der Waals surface area contributed by atoms with Crippen LogP contribution in [0.1, 0.15) is 187 Å². The molecule has 1 atom stereocenters. The summed E-state index contributed by atoms with van der Waals surface area (Å²) in [4.78, 5) is 2.28. The summed E-state index contributed by atoms with van der Waals surface area (Å²) in [6.45, 7) is 7.22. The molecule has 224 valence electrons. The highest BCUT2D eigenvalue weighted by Crippen LogP contribution is 2.15. The monoisotopic (exact) mass is 526 g/mol. The first-order valence-corrected chi connectivity index (χ1v) is 17.3. The van der Waals surface area contributed by atoms with Crippen molar-refractivity contribution in [2.45, 2.75) is 193 Å². The fourth-order valence-electron chi connectivity index (χ4n) is 5.58. The quantitative estimate of drug-likeness (QED) is 0.0858. The molecule has 0 aromatic carbocycles. The second kappa shape index (κ2) is 32.1.